The third kappa shape index (κ3) is 4.42. The molecule has 0 aliphatic heterocycles. The number of rotatable bonds is 4. The molecule has 4 nitrogen and oxygen atoms in total. The molecule has 2 rings (SSSR count). The van der Waals surface area contributed by atoms with Gasteiger partial charge in [0.15, 0.2) is 0 Å². The molecule has 1 aromatic heterocycles. The zero-order valence-electron chi connectivity index (χ0n) is 13.5. The summed E-state index contributed by atoms with van der Waals surface area (Å²) < 4.78 is 13.4. The van der Waals surface area contributed by atoms with Crippen molar-refractivity contribution in [2.75, 3.05) is 12.4 Å². The number of carbonyl (C=O) groups excluding carboxylic acids is 1. The maximum Gasteiger partial charge on any atom is 0.321 e. The summed E-state index contributed by atoms with van der Waals surface area (Å²) >= 11 is 7.55. The zero-order valence-corrected chi connectivity index (χ0v) is 15.1. The van der Waals surface area contributed by atoms with Gasteiger partial charge in [-0.2, -0.15) is 0 Å². The third-order valence-electron chi connectivity index (χ3n) is 3.30. The van der Waals surface area contributed by atoms with E-state index in [0.717, 1.165) is 10.7 Å². The lowest BCUT2D eigenvalue weighted by atomic mass is 10.2. The van der Waals surface area contributed by atoms with Gasteiger partial charge in [-0.1, -0.05) is 25.4 Å². The molecule has 1 heterocycles. The summed E-state index contributed by atoms with van der Waals surface area (Å²) in [7, 11) is 1.67. The first-order chi connectivity index (χ1) is 10.8. The molecule has 0 saturated carbocycles. The largest absolute Gasteiger partial charge is 0.322 e. The summed E-state index contributed by atoms with van der Waals surface area (Å²) in [5, 5.41) is 5.86. The smallest absolute Gasteiger partial charge is 0.321 e. The molecule has 0 unspecified atom stereocenters. The predicted molar refractivity (Wildman–Crippen MR) is 92.8 cm³/mol. The van der Waals surface area contributed by atoms with Crippen LogP contribution in [0.4, 0.5) is 14.9 Å². The van der Waals surface area contributed by atoms with Crippen molar-refractivity contribution in [3.63, 3.8) is 0 Å². The molecule has 23 heavy (non-hydrogen) atoms. The number of aryl methyl sites for hydroxylation is 1. The summed E-state index contributed by atoms with van der Waals surface area (Å²) in [4.78, 5) is 18.3. The van der Waals surface area contributed by atoms with Gasteiger partial charge in [-0.3, -0.25) is 0 Å². The second-order valence-electron chi connectivity index (χ2n) is 5.70. The third-order valence-corrected chi connectivity index (χ3v) is 4.81. The number of nitrogens with zero attached hydrogens (tertiary/aromatic N) is 2. The number of hydrogen-bond donors (Lipinski definition) is 1. The van der Waals surface area contributed by atoms with Gasteiger partial charge in [0.25, 0.3) is 0 Å². The van der Waals surface area contributed by atoms with Crippen molar-refractivity contribution in [3.05, 3.63) is 44.6 Å². The standard InChI is InChI=1S/C16H19ClFN3OS/c1-9(2)15-19-11(8-23-15)7-21(4)16(22)20-14-5-10(3)13(18)6-12(14)17/h5-6,8-9H,7H2,1-4H3,(H,20,22). The molecule has 1 aromatic carbocycles. The van der Waals surface area contributed by atoms with Gasteiger partial charge in [0, 0.05) is 18.3 Å². The van der Waals surface area contributed by atoms with Crippen molar-refractivity contribution in [2.24, 2.45) is 0 Å². The first kappa shape index (κ1) is 17.7. The van der Waals surface area contributed by atoms with Crippen LogP contribution in [0.1, 0.15) is 36.0 Å². The topological polar surface area (TPSA) is 45.2 Å². The van der Waals surface area contributed by atoms with Crippen LogP contribution in [0.2, 0.25) is 5.02 Å². The molecule has 2 aromatic rings. The quantitative estimate of drug-likeness (QED) is 0.835. The maximum atomic E-state index is 13.4. The lowest BCUT2D eigenvalue weighted by molar-refractivity contribution is 0.220. The predicted octanol–water partition coefficient (Wildman–Crippen LogP) is 5.03. The Bertz CT molecular complexity index is 717. The van der Waals surface area contributed by atoms with E-state index < -0.39 is 5.82 Å². The van der Waals surface area contributed by atoms with E-state index in [1.54, 1.807) is 25.3 Å². The molecular weight excluding hydrogens is 337 g/mol. The molecule has 0 bridgehead atoms. The number of thiazole rings is 1. The molecule has 0 spiro atoms. The normalized spacial score (nSPS) is 10.9. The monoisotopic (exact) mass is 355 g/mol. The number of carbonyl (C=O) groups is 1. The van der Waals surface area contributed by atoms with Crippen LogP contribution in [-0.4, -0.2) is 23.0 Å². The van der Waals surface area contributed by atoms with E-state index in [4.69, 9.17) is 11.6 Å². The number of aromatic nitrogens is 1. The van der Waals surface area contributed by atoms with Crippen LogP contribution in [0.3, 0.4) is 0 Å². The number of halogens is 2. The van der Waals surface area contributed by atoms with Gasteiger partial charge >= 0.3 is 6.03 Å². The van der Waals surface area contributed by atoms with Gasteiger partial charge in [-0.15, -0.1) is 11.3 Å². The minimum Gasteiger partial charge on any atom is -0.322 e. The van der Waals surface area contributed by atoms with Crippen molar-refractivity contribution < 1.29 is 9.18 Å². The average molecular weight is 356 g/mol. The van der Waals surface area contributed by atoms with Gasteiger partial charge < -0.3 is 10.2 Å². The van der Waals surface area contributed by atoms with E-state index in [1.807, 2.05) is 5.38 Å². The summed E-state index contributed by atoms with van der Waals surface area (Å²) in [6.45, 7) is 6.18. The van der Waals surface area contributed by atoms with Gasteiger partial charge in [0.1, 0.15) is 5.82 Å². The number of benzene rings is 1. The van der Waals surface area contributed by atoms with Crippen LogP contribution in [0, 0.1) is 12.7 Å². The highest BCUT2D eigenvalue weighted by molar-refractivity contribution is 7.09. The fraction of sp³-hybridized carbons (Fsp3) is 0.375. The lowest BCUT2D eigenvalue weighted by Gasteiger charge is -2.18. The molecule has 0 atom stereocenters. The van der Waals surface area contributed by atoms with E-state index in [1.165, 1.54) is 17.0 Å². The highest BCUT2D eigenvalue weighted by Crippen LogP contribution is 2.25. The SMILES string of the molecule is Cc1cc(NC(=O)N(C)Cc2csc(C(C)C)n2)c(Cl)cc1F. The zero-order chi connectivity index (χ0) is 17.1. The summed E-state index contributed by atoms with van der Waals surface area (Å²) in [5.74, 6) is -0.0288. The van der Waals surface area contributed by atoms with Crippen molar-refractivity contribution in [1.82, 2.24) is 9.88 Å². The Labute approximate surface area is 144 Å². The summed E-state index contributed by atoms with van der Waals surface area (Å²) in [5.41, 5.74) is 1.66. The number of nitrogens with one attached hydrogen (secondary N) is 1. The Balaban J connectivity index is 2.03. The minimum atomic E-state index is -0.398. The second kappa shape index (κ2) is 7.27. The molecule has 0 saturated heterocycles. The highest BCUT2D eigenvalue weighted by Gasteiger charge is 2.15. The first-order valence-corrected chi connectivity index (χ1v) is 8.45. The van der Waals surface area contributed by atoms with Crippen LogP contribution >= 0.6 is 22.9 Å². The van der Waals surface area contributed by atoms with Crippen molar-refractivity contribution in [1.29, 1.82) is 0 Å². The Morgan fingerprint density at radius 3 is 2.78 bits per heavy atom. The van der Waals surface area contributed by atoms with E-state index in [-0.39, 0.29) is 11.1 Å². The van der Waals surface area contributed by atoms with E-state index in [0.29, 0.717) is 23.7 Å². The van der Waals surface area contributed by atoms with Crippen LogP contribution in [0.15, 0.2) is 17.5 Å². The highest BCUT2D eigenvalue weighted by atomic mass is 35.5. The number of anilines is 1. The Kier molecular flexibility index (Phi) is 5.59. The van der Waals surface area contributed by atoms with Crippen molar-refractivity contribution in [2.45, 2.75) is 33.2 Å². The van der Waals surface area contributed by atoms with Gasteiger partial charge in [0.05, 0.1) is 28.0 Å². The van der Waals surface area contributed by atoms with Crippen LogP contribution in [-0.2, 0) is 6.54 Å². The molecule has 0 radical (unpaired) electrons. The molecule has 1 N–H and O–H groups in total. The van der Waals surface area contributed by atoms with E-state index in [2.05, 4.69) is 24.1 Å². The summed E-state index contributed by atoms with van der Waals surface area (Å²) in [6.07, 6.45) is 0. The van der Waals surface area contributed by atoms with Crippen LogP contribution in [0.5, 0.6) is 0 Å². The van der Waals surface area contributed by atoms with Gasteiger partial charge in [0.2, 0.25) is 0 Å². The fourth-order valence-electron chi connectivity index (χ4n) is 1.94. The fourth-order valence-corrected chi connectivity index (χ4v) is 2.96. The summed E-state index contributed by atoms with van der Waals surface area (Å²) in [6, 6.07) is 2.39. The second-order valence-corrected chi connectivity index (χ2v) is 7.00. The Hall–Kier alpha value is -1.66. The number of urea groups is 1. The Morgan fingerprint density at radius 1 is 1.48 bits per heavy atom. The number of hydrogen-bond acceptors (Lipinski definition) is 3. The van der Waals surface area contributed by atoms with Gasteiger partial charge in [-0.05, 0) is 24.6 Å². The maximum absolute atomic E-state index is 13.4. The molecular formula is C16H19ClFN3OS. The van der Waals surface area contributed by atoms with Crippen LogP contribution in [0.25, 0.3) is 0 Å². The Morgan fingerprint density at radius 2 is 2.17 bits per heavy atom. The molecule has 0 aliphatic carbocycles. The first-order valence-electron chi connectivity index (χ1n) is 7.20. The van der Waals surface area contributed by atoms with Gasteiger partial charge in [-0.25, -0.2) is 14.2 Å². The molecule has 0 aliphatic rings. The lowest BCUT2D eigenvalue weighted by Crippen LogP contribution is -2.31. The average Bonchev–Trinajstić information content (AvgIpc) is 2.93. The van der Waals surface area contributed by atoms with E-state index in [9.17, 15) is 9.18 Å². The number of amides is 2. The molecule has 2 amide bonds. The van der Waals surface area contributed by atoms with Crippen LogP contribution < -0.4 is 5.32 Å². The van der Waals surface area contributed by atoms with Crippen molar-refractivity contribution >= 4 is 34.7 Å². The minimum absolute atomic E-state index is 0.172. The van der Waals surface area contributed by atoms with Crippen molar-refractivity contribution in [3.8, 4) is 0 Å². The molecule has 0 fully saturated rings. The van der Waals surface area contributed by atoms with E-state index >= 15 is 0 Å². The molecule has 7 heteroatoms. The molecule has 124 valence electrons.